The molecule has 0 unspecified atom stereocenters. The highest BCUT2D eigenvalue weighted by Crippen LogP contribution is 2.13. The molecule has 0 bridgehead atoms. The van der Waals surface area contributed by atoms with Crippen molar-refractivity contribution < 1.29 is 9.53 Å². The quantitative estimate of drug-likeness (QED) is 0.359. The molecule has 0 spiro atoms. The molecule has 0 aromatic rings. The Bertz CT molecular complexity index is 496. The Morgan fingerprint density at radius 2 is 1.86 bits per heavy atom. The van der Waals surface area contributed by atoms with E-state index in [2.05, 4.69) is 13.2 Å². The number of methoxy groups -OCH3 is 1. The highest BCUT2D eigenvalue weighted by atomic mass is 16.5. The van der Waals surface area contributed by atoms with Crippen molar-refractivity contribution in [3.8, 4) is 0 Å². The SMILES string of the molecule is C=C(C=CC(=O)N(CC)CC(=CC)C=C(OC)C(=C)C)CC. The van der Waals surface area contributed by atoms with Gasteiger partial charge in [-0.25, -0.2) is 0 Å². The molecule has 0 N–H and O–H groups in total. The van der Waals surface area contributed by atoms with Gasteiger partial charge in [0.15, 0.2) is 0 Å². The molecule has 0 heterocycles. The summed E-state index contributed by atoms with van der Waals surface area (Å²) in [5.74, 6) is 0.714. The minimum atomic E-state index is -0.0147. The van der Waals surface area contributed by atoms with Crippen molar-refractivity contribution in [3.05, 3.63) is 59.9 Å². The normalized spacial score (nSPS) is 12.4. The second-order valence-electron chi connectivity index (χ2n) is 5.05. The number of carbonyl (C=O) groups excluding carboxylic acids is 1. The van der Waals surface area contributed by atoms with Crippen molar-refractivity contribution in [3.63, 3.8) is 0 Å². The van der Waals surface area contributed by atoms with Crippen LogP contribution in [0.1, 0.15) is 34.1 Å². The number of hydrogen-bond donors (Lipinski definition) is 0. The molecule has 0 rings (SSSR count). The fourth-order valence-corrected chi connectivity index (χ4v) is 1.72. The summed E-state index contributed by atoms with van der Waals surface area (Å²) in [5.41, 5.74) is 2.81. The van der Waals surface area contributed by atoms with E-state index >= 15 is 0 Å². The number of hydrogen-bond acceptors (Lipinski definition) is 2. The predicted octanol–water partition coefficient (Wildman–Crippen LogP) is 4.41. The molecule has 122 valence electrons. The van der Waals surface area contributed by atoms with Gasteiger partial charge < -0.3 is 9.64 Å². The first-order valence-corrected chi connectivity index (χ1v) is 7.61. The number of nitrogens with zero attached hydrogens (tertiary/aromatic N) is 1. The highest BCUT2D eigenvalue weighted by Gasteiger charge is 2.10. The number of carbonyl (C=O) groups is 1. The summed E-state index contributed by atoms with van der Waals surface area (Å²) in [4.78, 5) is 14.0. The van der Waals surface area contributed by atoms with E-state index in [4.69, 9.17) is 4.74 Å². The van der Waals surface area contributed by atoms with Crippen LogP contribution < -0.4 is 0 Å². The average Bonchev–Trinajstić information content (AvgIpc) is 2.52. The van der Waals surface area contributed by atoms with E-state index in [0.717, 1.165) is 28.9 Å². The highest BCUT2D eigenvalue weighted by molar-refractivity contribution is 5.88. The number of rotatable bonds is 9. The maximum atomic E-state index is 12.2. The summed E-state index contributed by atoms with van der Waals surface area (Å²) < 4.78 is 5.30. The van der Waals surface area contributed by atoms with Crippen molar-refractivity contribution >= 4 is 5.91 Å². The van der Waals surface area contributed by atoms with Gasteiger partial charge in [-0.15, -0.1) is 0 Å². The Kier molecular flexibility index (Phi) is 9.68. The number of amides is 1. The van der Waals surface area contributed by atoms with Crippen LogP contribution in [0.4, 0.5) is 0 Å². The zero-order valence-corrected chi connectivity index (χ0v) is 14.6. The maximum absolute atomic E-state index is 12.2. The van der Waals surface area contributed by atoms with Crippen LogP contribution >= 0.6 is 0 Å². The zero-order valence-electron chi connectivity index (χ0n) is 14.6. The Labute approximate surface area is 135 Å². The lowest BCUT2D eigenvalue weighted by Crippen LogP contribution is -2.31. The first-order chi connectivity index (χ1) is 10.4. The molecule has 3 nitrogen and oxygen atoms in total. The summed E-state index contributed by atoms with van der Waals surface area (Å²) in [6.45, 7) is 16.8. The van der Waals surface area contributed by atoms with Gasteiger partial charge in [-0.3, -0.25) is 4.79 Å². The molecule has 22 heavy (non-hydrogen) atoms. The standard InChI is InChI=1S/C19H29NO2/c1-8-16(6)11-12-19(21)20(10-3)14-17(9-2)13-18(22-7)15(4)5/h9,11-13H,4,6,8,10,14H2,1-3,5,7H3. The summed E-state index contributed by atoms with van der Waals surface area (Å²) >= 11 is 0. The van der Waals surface area contributed by atoms with Crippen LogP contribution in [0.15, 0.2) is 59.9 Å². The molecule has 0 saturated carbocycles. The number of allylic oxidation sites excluding steroid dienone is 4. The van der Waals surface area contributed by atoms with Gasteiger partial charge in [0.2, 0.25) is 5.91 Å². The molecule has 0 radical (unpaired) electrons. The van der Waals surface area contributed by atoms with Gasteiger partial charge in [-0.2, -0.15) is 0 Å². The monoisotopic (exact) mass is 303 g/mol. The second-order valence-corrected chi connectivity index (χ2v) is 5.05. The second kappa shape index (κ2) is 10.7. The molecule has 1 amide bonds. The van der Waals surface area contributed by atoms with E-state index in [9.17, 15) is 4.79 Å². The maximum Gasteiger partial charge on any atom is 0.246 e. The molecule has 0 saturated heterocycles. The van der Waals surface area contributed by atoms with Gasteiger partial charge in [0.05, 0.1) is 7.11 Å². The third-order valence-electron chi connectivity index (χ3n) is 3.31. The van der Waals surface area contributed by atoms with E-state index in [-0.39, 0.29) is 5.91 Å². The number of likely N-dealkylation sites (N-methyl/N-ethyl adjacent to an activating group) is 1. The number of ether oxygens (including phenoxy) is 1. The van der Waals surface area contributed by atoms with Gasteiger partial charge in [-0.05, 0) is 44.4 Å². The topological polar surface area (TPSA) is 29.5 Å². The molecule has 0 aliphatic carbocycles. The van der Waals surface area contributed by atoms with Crippen LogP contribution in [0.5, 0.6) is 0 Å². The van der Waals surface area contributed by atoms with Gasteiger partial charge >= 0.3 is 0 Å². The summed E-state index contributed by atoms with van der Waals surface area (Å²) in [6.07, 6.45) is 8.11. The molecular formula is C19H29NO2. The fourth-order valence-electron chi connectivity index (χ4n) is 1.72. The Balaban J connectivity index is 5.05. The van der Waals surface area contributed by atoms with Crippen molar-refractivity contribution in [1.29, 1.82) is 0 Å². The molecule has 0 atom stereocenters. The van der Waals surface area contributed by atoms with E-state index in [1.165, 1.54) is 0 Å². The van der Waals surface area contributed by atoms with Gasteiger partial charge in [-0.1, -0.05) is 37.8 Å². The van der Waals surface area contributed by atoms with Crippen molar-refractivity contribution in [1.82, 2.24) is 4.90 Å². The molecule has 0 aromatic heterocycles. The Morgan fingerprint density at radius 3 is 2.27 bits per heavy atom. The first kappa shape index (κ1) is 20.0. The fraction of sp³-hybridized carbons (Fsp3) is 0.421. The smallest absolute Gasteiger partial charge is 0.246 e. The van der Waals surface area contributed by atoms with Crippen LogP contribution in [0.25, 0.3) is 0 Å². The zero-order chi connectivity index (χ0) is 17.1. The molecular weight excluding hydrogens is 274 g/mol. The van der Waals surface area contributed by atoms with E-state index in [1.807, 2.05) is 39.8 Å². The lowest BCUT2D eigenvalue weighted by molar-refractivity contribution is -0.125. The summed E-state index contributed by atoms with van der Waals surface area (Å²) in [5, 5.41) is 0. The Morgan fingerprint density at radius 1 is 1.23 bits per heavy atom. The van der Waals surface area contributed by atoms with Crippen molar-refractivity contribution in [2.24, 2.45) is 0 Å². The first-order valence-electron chi connectivity index (χ1n) is 7.61. The minimum absolute atomic E-state index is 0.0147. The van der Waals surface area contributed by atoms with Crippen LogP contribution in [-0.4, -0.2) is 31.0 Å². The molecule has 0 aliphatic rings. The molecule has 0 fully saturated rings. The van der Waals surface area contributed by atoms with Crippen molar-refractivity contribution in [2.45, 2.75) is 34.1 Å². The van der Waals surface area contributed by atoms with Crippen LogP contribution in [0, 0.1) is 0 Å². The molecule has 0 aliphatic heterocycles. The van der Waals surface area contributed by atoms with Crippen LogP contribution in [-0.2, 0) is 9.53 Å². The Hall–Kier alpha value is -2.03. The molecule has 0 aromatic carbocycles. The third kappa shape index (κ3) is 7.11. The lowest BCUT2D eigenvalue weighted by Gasteiger charge is -2.20. The average molecular weight is 303 g/mol. The minimum Gasteiger partial charge on any atom is -0.497 e. The van der Waals surface area contributed by atoms with Gasteiger partial charge in [0, 0.05) is 19.2 Å². The largest absolute Gasteiger partial charge is 0.497 e. The predicted molar refractivity (Wildman–Crippen MR) is 94.5 cm³/mol. The van der Waals surface area contributed by atoms with Crippen molar-refractivity contribution in [2.75, 3.05) is 20.2 Å². The van der Waals surface area contributed by atoms with Crippen LogP contribution in [0.2, 0.25) is 0 Å². The summed E-state index contributed by atoms with van der Waals surface area (Å²) in [6, 6.07) is 0. The van der Waals surface area contributed by atoms with Crippen LogP contribution in [0.3, 0.4) is 0 Å². The third-order valence-corrected chi connectivity index (χ3v) is 3.31. The lowest BCUT2D eigenvalue weighted by atomic mass is 10.1. The van der Waals surface area contributed by atoms with E-state index in [0.29, 0.717) is 13.1 Å². The van der Waals surface area contributed by atoms with E-state index < -0.39 is 0 Å². The molecule has 3 heteroatoms. The van der Waals surface area contributed by atoms with Gasteiger partial charge in [0.1, 0.15) is 5.76 Å². The van der Waals surface area contributed by atoms with E-state index in [1.54, 1.807) is 24.2 Å². The van der Waals surface area contributed by atoms with Gasteiger partial charge in [0.25, 0.3) is 0 Å². The summed E-state index contributed by atoms with van der Waals surface area (Å²) in [7, 11) is 1.62.